The van der Waals surface area contributed by atoms with E-state index in [0.29, 0.717) is 6.10 Å². The van der Waals surface area contributed by atoms with E-state index in [2.05, 4.69) is 17.3 Å². The molecule has 1 aromatic heterocycles. The molecule has 1 atom stereocenters. The van der Waals surface area contributed by atoms with Gasteiger partial charge in [0, 0.05) is 19.2 Å². The molecule has 1 unspecified atom stereocenters. The lowest BCUT2D eigenvalue weighted by Crippen LogP contribution is -2.21. The second kappa shape index (κ2) is 3.79. The lowest BCUT2D eigenvalue weighted by atomic mass is 10.3. The lowest BCUT2D eigenvalue weighted by Gasteiger charge is -2.12. The molecular weight excluding hydrogens is 166 g/mol. The van der Waals surface area contributed by atoms with Crippen molar-refractivity contribution in [2.75, 3.05) is 13.1 Å². The molecule has 0 spiro atoms. The Labute approximate surface area is 77.9 Å². The molecule has 4 heteroatoms. The zero-order valence-corrected chi connectivity index (χ0v) is 7.86. The highest BCUT2D eigenvalue weighted by Gasteiger charge is 2.17. The summed E-state index contributed by atoms with van der Waals surface area (Å²) < 4.78 is 7.65. The average Bonchev–Trinajstić information content (AvgIpc) is 2.76. The van der Waals surface area contributed by atoms with Crippen molar-refractivity contribution in [2.45, 2.75) is 26.0 Å². The molecule has 13 heavy (non-hydrogen) atoms. The molecule has 0 aromatic carbocycles. The highest BCUT2D eigenvalue weighted by atomic mass is 16.5. The SMILES string of the molecule is CCn1nccc1OC1CCNC1. The molecule has 72 valence electrons. The quantitative estimate of drug-likeness (QED) is 0.744. The van der Waals surface area contributed by atoms with Gasteiger partial charge in [-0.05, 0) is 19.9 Å². The summed E-state index contributed by atoms with van der Waals surface area (Å²) in [6, 6.07) is 1.92. The van der Waals surface area contributed by atoms with E-state index >= 15 is 0 Å². The molecule has 0 aliphatic carbocycles. The van der Waals surface area contributed by atoms with Gasteiger partial charge in [-0.3, -0.25) is 0 Å². The summed E-state index contributed by atoms with van der Waals surface area (Å²) in [5, 5.41) is 7.42. The largest absolute Gasteiger partial charge is 0.473 e. The minimum absolute atomic E-state index is 0.321. The number of hydrogen-bond acceptors (Lipinski definition) is 3. The third-order valence-electron chi connectivity index (χ3n) is 2.28. The third kappa shape index (κ3) is 1.83. The highest BCUT2D eigenvalue weighted by Crippen LogP contribution is 2.14. The van der Waals surface area contributed by atoms with Crippen LogP contribution in [0.3, 0.4) is 0 Å². The first-order valence-corrected chi connectivity index (χ1v) is 4.79. The summed E-state index contributed by atoms with van der Waals surface area (Å²) in [5.74, 6) is 0.885. The fourth-order valence-corrected chi connectivity index (χ4v) is 1.56. The average molecular weight is 181 g/mol. The van der Waals surface area contributed by atoms with Crippen molar-refractivity contribution >= 4 is 0 Å². The van der Waals surface area contributed by atoms with Gasteiger partial charge in [0.1, 0.15) is 6.10 Å². The summed E-state index contributed by atoms with van der Waals surface area (Å²) in [5.41, 5.74) is 0. The van der Waals surface area contributed by atoms with Gasteiger partial charge in [0.15, 0.2) is 0 Å². The van der Waals surface area contributed by atoms with Crippen LogP contribution in [0.15, 0.2) is 12.3 Å². The molecule has 1 aliphatic heterocycles. The number of nitrogens with one attached hydrogen (secondary N) is 1. The number of nitrogens with zero attached hydrogens (tertiary/aromatic N) is 2. The molecule has 4 nitrogen and oxygen atoms in total. The Hall–Kier alpha value is -1.03. The highest BCUT2D eigenvalue weighted by molar-refractivity contribution is 5.08. The molecule has 0 bridgehead atoms. The minimum Gasteiger partial charge on any atom is -0.473 e. The number of rotatable bonds is 3. The zero-order valence-electron chi connectivity index (χ0n) is 7.86. The van der Waals surface area contributed by atoms with Gasteiger partial charge in [0.2, 0.25) is 5.88 Å². The van der Waals surface area contributed by atoms with Gasteiger partial charge < -0.3 is 10.1 Å². The van der Waals surface area contributed by atoms with E-state index in [0.717, 1.165) is 31.9 Å². The third-order valence-corrected chi connectivity index (χ3v) is 2.28. The molecule has 2 heterocycles. The normalized spacial score (nSPS) is 22.1. The summed E-state index contributed by atoms with van der Waals surface area (Å²) >= 11 is 0. The van der Waals surface area contributed by atoms with Crippen molar-refractivity contribution in [3.63, 3.8) is 0 Å². The maximum Gasteiger partial charge on any atom is 0.211 e. The van der Waals surface area contributed by atoms with E-state index in [1.807, 2.05) is 10.7 Å². The van der Waals surface area contributed by atoms with Crippen LogP contribution in [0.2, 0.25) is 0 Å². The monoisotopic (exact) mass is 181 g/mol. The van der Waals surface area contributed by atoms with Crippen LogP contribution in [-0.4, -0.2) is 29.0 Å². The van der Waals surface area contributed by atoms with Crippen LogP contribution in [-0.2, 0) is 6.54 Å². The van der Waals surface area contributed by atoms with Crippen molar-refractivity contribution in [3.05, 3.63) is 12.3 Å². The van der Waals surface area contributed by atoms with Gasteiger partial charge in [0.05, 0.1) is 6.20 Å². The van der Waals surface area contributed by atoms with E-state index in [1.54, 1.807) is 6.20 Å². The fourth-order valence-electron chi connectivity index (χ4n) is 1.56. The van der Waals surface area contributed by atoms with E-state index < -0.39 is 0 Å². The summed E-state index contributed by atoms with van der Waals surface area (Å²) in [4.78, 5) is 0. The summed E-state index contributed by atoms with van der Waals surface area (Å²) in [7, 11) is 0. The van der Waals surface area contributed by atoms with Crippen LogP contribution in [0.25, 0.3) is 0 Å². The Morgan fingerprint density at radius 2 is 2.69 bits per heavy atom. The van der Waals surface area contributed by atoms with Crippen molar-refractivity contribution in [1.29, 1.82) is 0 Å². The Bertz CT molecular complexity index is 266. The first kappa shape index (κ1) is 8.56. The lowest BCUT2D eigenvalue weighted by molar-refractivity contribution is 0.201. The number of aromatic nitrogens is 2. The van der Waals surface area contributed by atoms with Crippen LogP contribution in [0.4, 0.5) is 0 Å². The number of hydrogen-bond donors (Lipinski definition) is 1. The van der Waals surface area contributed by atoms with Gasteiger partial charge in [0.25, 0.3) is 0 Å². The standard InChI is InChI=1S/C9H15N3O/c1-2-12-9(4-6-11-12)13-8-3-5-10-7-8/h4,6,8,10H,2-3,5,7H2,1H3. The van der Waals surface area contributed by atoms with Crippen LogP contribution >= 0.6 is 0 Å². The molecule has 1 N–H and O–H groups in total. The second-order valence-electron chi connectivity index (χ2n) is 3.22. The molecule has 2 rings (SSSR count). The summed E-state index contributed by atoms with van der Waals surface area (Å²) in [6.45, 7) is 4.94. The Kier molecular flexibility index (Phi) is 2.49. The van der Waals surface area contributed by atoms with E-state index in [9.17, 15) is 0 Å². The van der Waals surface area contributed by atoms with Gasteiger partial charge in [-0.2, -0.15) is 5.10 Å². The van der Waals surface area contributed by atoms with E-state index in [-0.39, 0.29) is 0 Å². The fraction of sp³-hybridized carbons (Fsp3) is 0.667. The van der Waals surface area contributed by atoms with Crippen molar-refractivity contribution in [1.82, 2.24) is 15.1 Å². The Morgan fingerprint density at radius 3 is 3.38 bits per heavy atom. The van der Waals surface area contributed by atoms with Gasteiger partial charge in [-0.25, -0.2) is 4.68 Å². The molecule has 1 fully saturated rings. The molecule has 0 radical (unpaired) electrons. The predicted octanol–water partition coefficient (Wildman–Crippen LogP) is 0.644. The number of aryl methyl sites for hydroxylation is 1. The Balaban J connectivity index is 1.99. The molecule has 1 aliphatic rings. The van der Waals surface area contributed by atoms with Crippen LogP contribution in [0.1, 0.15) is 13.3 Å². The smallest absolute Gasteiger partial charge is 0.211 e. The van der Waals surface area contributed by atoms with Crippen molar-refractivity contribution in [3.8, 4) is 5.88 Å². The Morgan fingerprint density at radius 1 is 1.77 bits per heavy atom. The molecular formula is C9H15N3O. The number of ether oxygens (including phenoxy) is 1. The van der Waals surface area contributed by atoms with Crippen LogP contribution in [0.5, 0.6) is 5.88 Å². The molecule has 0 amide bonds. The van der Waals surface area contributed by atoms with E-state index in [1.165, 1.54) is 0 Å². The molecule has 0 saturated carbocycles. The van der Waals surface area contributed by atoms with E-state index in [4.69, 9.17) is 4.74 Å². The first-order chi connectivity index (χ1) is 6.40. The van der Waals surface area contributed by atoms with Crippen LogP contribution in [0, 0.1) is 0 Å². The zero-order chi connectivity index (χ0) is 9.10. The second-order valence-corrected chi connectivity index (χ2v) is 3.22. The minimum atomic E-state index is 0.321. The molecule has 1 aromatic rings. The van der Waals surface area contributed by atoms with Gasteiger partial charge >= 0.3 is 0 Å². The van der Waals surface area contributed by atoms with Gasteiger partial charge in [-0.15, -0.1) is 0 Å². The predicted molar refractivity (Wildman–Crippen MR) is 49.8 cm³/mol. The maximum atomic E-state index is 5.78. The summed E-state index contributed by atoms with van der Waals surface area (Å²) in [6.07, 6.45) is 3.19. The van der Waals surface area contributed by atoms with Crippen LogP contribution < -0.4 is 10.1 Å². The molecule has 1 saturated heterocycles. The van der Waals surface area contributed by atoms with Gasteiger partial charge in [-0.1, -0.05) is 0 Å². The topological polar surface area (TPSA) is 39.1 Å². The van der Waals surface area contributed by atoms with Crippen molar-refractivity contribution in [2.24, 2.45) is 0 Å². The first-order valence-electron chi connectivity index (χ1n) is 4.79. The maximum absolute atomic E-state index is 5.78. The van der Waals surface area contributed by atoms with Crippen molar-refractivity contribution < 1.29 is 4.74 Å².